The second-order valence-electron chi connectivity index (χ2n) is 10.8. The number of anilines is 2. The maximum Gasteiger partial charge on any atom is 0.256 e. The lowest BCUT2D eigenvalue weighted by Gasteiger charge is -2.49. The standard InChI is InChI=1S/C28H34N4O3/c1-30-12-13-32(25(16-30)20-5-3-2-4-6-20)27(34)23-10-9-22(29-26(33)21-7-8-21)15-24(23)31-17-28(18-31)11-14-35-19-28/h2-6,9-10,15,21,25H,7-8,11-14,16-19H2,1H3,(H,29,33). The third-order valence-corrected chi connectivity index (χ3v) is 8.05. The molecular formula is C28H34N4O3. The van der Waals surface area contributed by atoms with E-state index in [4.69, 9.17) is 4.74 Å². The van der Waals surface area contributed by atoms with Gasteiger partial charge in [-0.25, -0.2) is 0 Å². The zero-order chi connectivity index (χ0) is 24.0. The molecule has 0 bridgehead atoms. The molecule has 3 heterocycles. The van der Waals surface area contributed by atoms with E-state index in [9.17, 15) is 9.59 Å². The van der Waals surface area contributed by atoms with Crippen molar-refractivity contribution in [2.75, 3.05) is 63.2 Å². The highest BCUT2D eigenvalue weighted by Crippen LogP contribution is 2.43. The van der Waals surface area contributed by atoms with Crippen molar-refractivity contribution in [1.82, 2.24) is 9.80 Å². The van der Waals surface area contributed by atoms with Crippen molar-refractivity contribution in [3.8, 4) is 0 Å². The summed E-state index contributed by atoms with van der Waals surface area (Å²) in [5, 5.41) is 3.07. The van der Waals surface area contributed by atoms with E-state index in [2.05, 4.69) is 34.3 Å². The number of hydrogen-bond donors (Lipinski definition) is 1. The average Bonchev–Trinajstić information content (AvgIpc) is 3.59. The zero-order valence-electron chi connectivity index (χ0n) is 20.4. The molecule has 1 saturated carbocycles. The minimum atomic E-state index is 0.00973. The lowest BCUT2D eigenvalue weighted by Crippen LogP contribution is -2.57. The molecule has 1 aliphatic carbocycles. The van der Waals surface area contributed by atoms with Crippen LogP contribution in [0.3, 0.4) is 0 Å². The van der Waals surface area contributed by atoms with Crippen LogP contribution >= 0.6 is 0 Å². The summed E-state index contributed by atoms with van der Waals surface area (Å²) in [6.07, 6.45) is 3.00. The van der Waals surface area contributed by atoms with Gasteiger partial charge in [0.05, 0.1) is 23.9 Å². The minimum absolute atomic E-state index is 0.00973. The van der Waals surface area contributed by atoms with Crippen molar-refractivity contribution in [1.29, 1.82) is 0 Å². The Labute approximate surface area is 207 Å². The summed E-state index contributed by atoms with van der Waals surface area (Å²) < 4.78 is 5.68. The minimum Gasteiger partial charge on any atom is -0.381 e. The van der Waals surface area contributed by atoms with E-state index < -0.39 is 0 Å². The third kappa shape index (κ3) is 4.43. The maximum atomic E-state index is 14.1. The Morgan fingerprint density at radius 3 is 2.57 bits per heavy atom. The van der Waals surface area contributed by atoms with Crippen molar-refractivity contribution < 1.29 is 14.3 Å². The van der Waals surface area contributed by atoms with E-state index >= 15 is 0 Å². The van der Waals surface area contributed by atoms with Crippen LogP contribution in [0.1, 0.15) is 41.2 Å². The van der Waals surface area contributed by atoms with Crippen LogP contribution in [0.25, 0.3) is 0 Å². The number of ether oxygens (including phenoxy) is 1. The molecule has 6 rings (SSSR count). The summed E-state index contributed by atoms with van der Waals surface area (Å²) in [5.74, 6) is 0.285. The Balaban J connectivity index is 1.31. The summed E-state index contributed by atoms with van der Waals surface area (Å²) in [6.45, 7) is 5.73. The number of nitrogens with zero attached hydrogens (tertiary/aromatic N) is 3. The Morgan fingerprint density at radius 1 is 1.06 bits per heavy atom. The van der Waals surface area contributed by atoms with E-state index in [1.54, 1.807) is 0 Å². The fourth-order valence-electron chi connectivity index (χ4n) is 5.75. The Morgan fingerprint density at radius 2 is 1.86 bits per heavy atom. The summed E-state index contributed by atoms with van der Waals surface area (Å²) in [7, 11) is 2.11. The van der Waals surface area contributed by atoms with E-state index in [1.807, 2.05) is 41.3 Å². The molecule has 35 heavy (non-hydrogen) atoms. The van der Waals surface area contributed by atoms with Crippen LogP contribution < -0.4 is 10.2 Å². The molecule has 7 nitrogen and oxygen atoms in total. The molecule has 1 atom stereocenters. The number of benzene rings is 2. The van der Waals surface area contributed by atoms with Crippen LogP contribution in [0.15, 0.2) is 48.5 Å². The fourth-order valence-corrected chi connectivity index (χ4v) is 5.75. The smallest absolute Gasteiger partial charge is 0.256 e. The molecule has 184 valence electrons. The third-order valence-electron chi connectivity index (χ3n) is 8.05. The van der Waals surface area contributed by atoms with Gasteiger partial charge in [-0.1, -0.05) is 30.3 Å². The van der Waals surface area contributed by atoms with Gasteiger partial charge >= 0.3 is 0 Å². The molecule has 0 radical (unpaired) electrons. The molecule has 3 aliphatic heterocycles. The predicted octanol–water partition coefficient (Wildman–Crippen LogP) is 3.39. The quantitative estimate of drug-likeness (QED) is 0.720. The van der Waals surface area contributed by atoms with Crippen LogP contribution in [-0.4, -0.2) is 74.6 Å². The van der Waals surface area contributed by atoms with Gasteiger partial charge in [0.25, 0.3) is 5.91 Å². The maximum absolute atomic E-state index is 14.1. The predicted molar refractivity (Wildman–Crippen MR) is 136 cm³/mol. The lowest BCUT2D eigenvalue weighted by molar-refractivity contribution is -0.117. The number of carbonyl (C=O) groups is 2. The van der Waals surface area contributed by atoms with E-state index in [-0.39, 0.29) is 29.2 Å². The van der Waals surface area contributed by atoms with Crippen molar-refractivity contribution in [3.05, 3.63) is 59.7 Å². The number of piperazine rings is 1. The van der Waals surface area contributed by atoms with Gasteiger partial charge in [0.15, 0.2) is 0 Å². The molecule has 2 amide bonds. The molecule has 4 aliphatic rings. The highest BCUT2D eigenvalue weighted by atomic mass is 16.5. The van der Waals surface area contributed by atoms with Crippen LogP contribution in [0.4, 0.5) is 11.4 Å². The molecule has 2 aromatic carbocycles. The van der Waals surface area contributed by atoms with Gasteiger partial charge < -0.3 is 24.8 Å². The Kier molecular flexibility index (Phi) is 5.77. The van der Waals surface area contributed by atoms with E-state index in [1.165, 1.54) is 0 Å². The second-order valence-corrected chi connectivity index (χ2v) is 10.8. The molecule has 1 spiro atoms. The number of carbonyl (C=O) groups excluding carboxylic acids is 2. The molecule has 1 N–H and O–H groups in total. The van der Waals surface area contributed by atoms with Gasteiger partial charge in [0, 0.05) is 56.4 Å². The lowest BCUT2D eigenvalue weighted by atomic mass is 9.78. The molecule has 1 unspecified atom stereocenters. The number of amides is 2. The normalized spacial score (nSPS) is 23.9. The van der Waals surface area contributed by atoms with Crippen molar-refractivity contribution in [2.24, 2.45) is 11.3 Å². The largest absolute Gasteiger partial charge is 0.381 e. The van der Waals surface area contributed by atoms with Crippen LogP contribution in [-0.2, 0) is 9.53 Å². The first-order valence-electron chi connectivity index (χ1n) is 12.8. The van der Waals surface area contributed by atoms with E-state index in [0.29, 0.717) is 12.1 Å². The molecule has 2 aromatic rings. The second kappa shape index (κ2) is 8.95. The first kappa shape index (κ1) is 22.6. The monoisotopic (exact) mass is 474 g/mol. The summed E-state index contributed by atoms with van der Waals surface area (Å²) in [4.78, 5) is 33.1. The number of hydrogen-bond acceptors (Lipinski definition) is 5. The van der Waals surface area contributed by atoms with Gasteiger partial charge in [-0.3, -0.25) is 9.59 Å². The summed E-state index contributed by atoms with van der Waals surface area (Å²) >= 11 is 0. The topological polar surface area (TPSA) is 65.1 Å². The van der Waals surface area contributed by atoms with Gasteiger partial charge in [0.1, 0.15) is 0 Å². The average molecular weight is 475 g/mol. The van der Waals surface area contributed by atoms with Crippen molar-refractivity contribution in [2.45, 2.75) is 25.3 Å². The number of likely N-dealkylation sites (N-methyl/N-ethyl adjacent to an activating group) is 1. The highest BCUT2D eigenvalue weighted by Gasteiger charge is 2.47. The molecular weight excluding hydrogens is 440 g/mol. The van der Waals surface area contributed by atoms with E-state index in [0.717, 1.165) is 75.6 Å². The SMILES string of the molecule is CN1CCN(C(=O)c2ccc(NC(=O)C3CC3)cc2N2CC3(CCOC3)C2)C(c2ccccc2)C1. The van der Waals surface area contributed by atoms with Gasteiger partial charge in [-0.15, -0.1) is 0 Å². The Bertz CT molecular complexity index is 1100. The molecule has 0 aromatic heterocycles. The highest BCUT2D eigenvalue weighted by molar-refractivity contribution is 6.02. The van der Waals surface area contributed by atoms with Gasteiger partial charge in [-0.2, -0.15) is 0 Å². The van der Waals surface area contributed by atoms with Gasteiger partial charge in [0.2, 0.25) is 5.91 Å². The first-order chi connectivity index (χ1) is 17.0. The molecule has 7 heteroatoms. The number of rotatable bonds is 5. The Hall–Kier alpha value is -2.90. The van der Waals surface area contributed by atoms with Crippen LogP contribution in [0.5, 0.6) is 0 Å². The zero-order valence-corrected chi connectivity index (χ0v) is 20.4. The van der Waals surface area contributed by atoms with Crippen LogP contribution in [0.2, 0.25) is 0 Å². The first-order valence-corrected chi connectivity index (χ1v) is 12.8. The number of nitrogens with one attached hydrogen (secondary N) is 1. The summed E-state index contributed by atoms with van der Waals surface area (Å²) in [5.41, 5.74) is 3.78. The summed E-state index contributed by atoms with van der Waals surface area (Å²) in [6, 6.07) is 16.1. The van der Waals surface area contributed by atoms with Crippen molar-refractivity contribution in [3.63, 3.8) is 0 Å². The fraction of sp³-hybridized carbons (Fsp3) is 0.500. The van der Waals surface area contributed by atoms with Crippen LogP contribution in [0, 0.1) is 11.3 Å². The van der Waals surface area contributed by atoms with Crippen molar-refractivity contribution >= 4 is 23.2 Å². The van der Waals surface area contributed by atoms with Gasteiger partial charge in [-0.05, 0) is 50.1 Å². The molecule has 3 saturated heterocycles. The molecule has 4 fully saturated rings.